The third-order valence-corrected chi connectivity index (χ3v) is 5.23. The lowest BCUT2D eigenvalue weighted by atomic mass is 10.1. The maximum absolute atomic E-state index is 6.02. The Hall–Kier alpha value is -3.99. The number of aromatic nitrogens is 1. The van der Waals surface area contributed by atoms with Gasteiger partial charge in [-0.25, -0.2) is 4.98 Å². The van der Waals surface area contributed by atoms with Crippen molar-refractivity contribution in [1.82, 2.24) is 4.98 Å². The first-order valence-electron chi connectivity index (χ1n) is 11.4. The van der Waals surface area contributed by atoms with Gasteiger partial charge in [0.2, 0.25) is 5.89 Å². The Balaban J connectivity index is 1.44. The average molecular weight is 456 g/mol. The molecule has 0 saturated carbocycles. The van der Waals surface area contributed by atoms with E-state index in [2.05, 4.69) is 24.1 Å². The molecule has 0 aliphatic heterocycles. The lowest BCUT2D eigenvalue weighted by Gasteiger charge is -2.11. The van der Waals surface area contributed by atoms with E-state index >= 15 is 0 Å². The molecule has 0 unspecified atom stereocenters. The molecule has 1 heterocycles. The molecule has 34 heavy (non-hydrogen) atoms. The predicted molar refractivity (Wildman–Crippen MR) is 134 cm³/mol. The van der Waals surface area contributed by atoms with Crippen LogP contribution in [0.25, 0.3) is 17.5 Å². The topological polar surface area (TPSA) is 53.7 Å². The number of ether oxygens (including phenoxy) is 3. The minimum absolute atomic E-state index is 0.448. The molecule has 4 aromatic rings. The van der Waals surface area contributed by atoms with Crippen LogP contribution < -0.4 is 14.2 Å². The van der Waals surface area contributed by atoms with Crippen LogP contribution in [0.3, 0.4) is 0 Å². The minimum atomic E-state index is 0.448. The fraction of sp³-hybridized carbons (Fsp3) is 0.207. The van der Waals surface area contributed by atoms with Crippen molar-refractivity contribution >= 4 is 6.08 Å². The number of hydrogen-bond donors (Lipinski definition) is 0. The van der Waals surface area contributed by atoms with Gasteiger partial charge in [0.15, 0.2) is 11.5 Å². The lowest BCUT2D eigenvalue weighted by molar-refractivity contribution is 0.284. The van der Waals surface area contributed by atoms with Crippen molar-refractivity contribution in [3.05, 3.63) is 102 Å². The van der Waals surface area contributed by atoms with E-state index in [1.807, 2.05) is 72.8 Å². The van der Waals surface area contributed by atoms with Gasteiger partial charge in [-0.3, -0.25) is 0 Å². The minimum Gasteiger partial charge on any atom is -0.493 e. The maximum Gasteiger partial charge on any atom is 0.226 e. The van der Waals surface area contributed by atoms with Crippen LogP contribution in [-0.2, 0) is 13.0 Å². The normalized spacial score (nSPS) is 11.0. The molecule has 5 nitrogen and oxygen atoms in total. The van der Waals surface area contributed by atoms with Crippen LogP contribution in [-0.4, -0.2) is 18.7 Å². The summed E-state index contributed by atoms with van der Waals surface area (Å²) in [6.45, 7) is 3.27. The van der Waals surface area contributed by atoms with Crippen molar-refractivity contribution in [1.29, 1.82) is 0 Å². The zero-order valence-corrected chi connectivity index (χ0v) is 19.6. The summed E-state index contributed by atoms with van der Waals surface area (Å²) in [6, 6.07) is 23.8. The molecule has 0 amide bonds. The van der Waals surface area contributed by atoms with Gasteiger partial charge in [0.1, 0.15) is 24.3 Å². The van der Waals surface area contributed by atoms with Gasteiger partial charge in [0, 0.05) is 5.56 Å². The van der Waals surface area contributed by atoms with E-state index in [0.29, 0.717) is 30.6 Å². The molecule has 0 aliphatic carbocycles. The molecule has 0 atom stereocenters. The molecule has 174 valence electrons. The van der Waals surface area contributed by atoms with Crippen molar-refractivity contribution in [3.63, 3.8) is 0 Å². The van der Waals surface area contributed by atoms with Gasteiger partial charge in [-0.15, -0.1) is 0 Å². The molecule has 0 spiro atoms. The van der Waals surface area contributed by atoms with E-state index in [0.717, 1.165) is 41.0 Å². The molecule has 1 aromatic heterocycles. The number of rotatable bonds is 11. The highest BCUT2D eigenvalue weighted by atomic mass is 16.5. The van der Waals surface area contributed by atoms with Gasteiger partial charge < -0.3 is 18.6 Å². The van der Waals surface area contributed by atoms with Gasteiger partial charge in [0.25, 0.3) is 0 Å². The van der Waals surface area contributed by atoms with Crippen molar-refractivity contribution in [2.24, 2.45) is 0 Å². The van der Waals surface area contributed by atoms with Crippen LogP contribution in [0, 0.1) is 0 Å². The number of allylic oxidation sites excluding steroid dienone is 1. The van der Waals surface area contributed by atoms with Crippen molar-refractivity contribution in [2.45, 2.75) is 26.4 Å². The quantitative estimate of drug-likeness (QED) is 0.244. The van der Waals surface area contributed by atoms with Crippen LogP contribution in [0.1, 0.15) is 30.2 Å². The highest BCUT2D eigenvalue weighted by Gasteiger charge is 2.11. The Morgan fingerprint density at radius 1 is 0.882 bits per heavy atom. The summed E-state index contributed by atoms with van der Waals surface area (Å²) < 4.78 is 23.1. The molecule has 0 bridgehead atoms. The number of nitrogens with zero attached hydrogens (tertiary/aromatic N) is 1. The van der Waals surface area contributed by atoms with Gasteiger partial charge in [-0.05, 0) is 54.3 Å². The Kier molecular flexibility index (Phi) is 8.01. The summed E-state index contributed by atoms with van der Waals surface area (Å²) in [7, 11) is 1.63. The number of hydrogen-bond acceptors (Lipinski definition) is 5. The lowest BCUT2D eigenvalue weighted by Crippen LogP contribution is -1.98. The smallest absolute Gasteiger partial charge is 0.226 e. The maximum atomic E-state index is 6.02. The summed E-state index contributed by atoms with van der Waals surface area (Å²) in [4.78, 5) is 4.62. The van der Waals surface area contributed by atoms with Gasteiger partial charge in [0.05, 0.1) is 13.7 Å². The first-order chi connectivity index (χ1) is 16.8. The van der Waals surface area contributed by atoms with Crippen LogP contribution in [0.2, 0.25) is 0 Å². The highest BCUT2D eigenvalue weighted by molar-refractivity contribution is 5.61. The fourth-order valence-electron chi connectivity index (χ4n) is 3.49. The summed E-state index contributed by atoms with van der Waals surface area (Å²) in [5.41, 5.74) is 3.80. The third-order valence-electron chi connectivity index (χ3n) is 5.23. The van der Waals surface area contributed by atoms with Gasteiger partial charge in [-0.1, -0.05) is 61.5 Å². The number of benzene rings is 3. The Labute approximate surface area is 200 Å². The number of methoxy groups -OCH3 is 1. The summed E-state index contributed by atoms with van der Waals surface area (Å²) >= 11 is 0. The van der Waals surface area contributed by atoms with E-state index in [9.17, 15) is 0 Å². The monoisotopic (exact) mass is 455 g/mol. The summed E-state index contributed by atoms with van der Waals surface area (Å²) in [5, 5.41) is 0. The van der Waals surface area contributed by atoms with E-state index < -0.39 is 0 Å². The standard InChI is InChI=1S/C29H29NO4/c1-3-18-32-26-15-8-7-12-23(26)13-9-14-25-21-34-29(30-25)24-16-17-27(31-2)28(19-24)33-20-22-10-5-4-6-11-22/h4-12,14-17,19,21H,3,13,18,20H2,1-2H3/b14-9+. The van der Waals surface area contributed by atoms with E-state index in [1.165, 1.54) is 0 Å². The Morgan fingerprint density at radius 3 is 2.53 bits per heavy atom. The number of para-hydroxylation sites is 1. The molecule has 0 N–H and O–H groups in total. The fourth-order valence-corrected chi connectivity index (χ4v) is 3.49. The van der Waals surface area contributed by atoms with Gasteiger partial charge >= 0.3 is 0 Å². The number of oxazole rings is 1. The summed E-state index contributed by atoms with van der Waals surface area (Å²) in [6.07, 6.45) is 7.41. The van der Waals surface area contributed by atoms with Crippen LogP contribution in [0.5, 0.6) is 17.2 Å². The molecule has 0 aliphatic rings. The zero-order chi connectivity index (χ0) is 23.6. The molecule has 4 rings (SSSR count). The molecular formula is C29H29NO4. The SMILES string of the molecule is CCCOc1ccccc1C/C=C/c1coc(-c2ccc(OC)c(OCc3ccccc3)c2)n1. The van der Waals surface area contributed by atoms with Crippen molar-refractivity contribution < 1.29 is 18.6 Å². The predicted octanol–water partition coefficient (Wildman–Crippen LogP) is 6.97. The molecule has 0 saturated heterocycles. The highest BCUT2D eigenvalue weighted by Crippen LogP contribution is 2.33. The molecule has 3 aromatic carbocycles. The first kappa shape index (κ1) is 23.2. The van der Waals surface area contributed by atoms with Gasteiger partial charge in [-0.2, -0.15) is 0 Å². The first-order valence-corrected chi connectivity index (χ1v) is 11.4. The summed E-state index contributed by atoms with van der Waals surface area (Å²) in [5.74, 6) is 2.76. The van der Waals surface area contributed by atoms with E-state index in [-0.39, 0.29) is 0 Å². The second-order valence-corrected chi connectivity index (χ2v) is 7.78. The Morgan fingerprint density at radius 2 is 1.71 bits per heavy atom. The van der Waals surface area contributed by atoms with Crippen molar-refractivity contribution in [2.75, 3.05) is 13.7 Å². The molecular weight excluding hydrogens is 426 g/mol. The molecule has 5 heteroatoms. The largest absolute Gasteiger partial charge is 0.493 e. The zero-order valence-electron chi connectivity index (χ0n) is 19.6. The van der Waals surface area contributed by atoms with E-state index in [1.54, 1.807) is 13.4 Å². The van der Waals surface area contributed by atoms with Crippen LogP contribution in [0.4, 0.5) is 0 Å². The van der Waals surface area contributed by atoms with E-state index in [4.69, 9.17) is 18.6 Å². The molecule has 0 radical (unpaired) electrons. The average Bonchev–Trinajstić information content (AvgIpc) is 3.36. The third kappa shape index (κ3) is 6.07. The molecule has 0 fully saturated rings. The second-order valence-electron chi connectivity index (χ2n) is 7.78. The van der Waals surface area contributed by atoms with Crippen molar-refractivity contribution in [3.8, 4) is 28.7 Å². The second kappa shape index (κ2) is 11.8. The van der Waals surface area contributed by atoms with Crippen LogP contribution in [0.15, 0.2) is 89.6 Å². The Bertz CT molecular complexity index is 1210. The van der Waals surface area contributed by atoms with Crippen LogP contribution >= 0.6 is 0 Å².